The molecule has 1 aromatic rings. The molecule has 16 heavy (non-hydrogen) atoms. The number of benzene rings is 1. The summed E-state index contributed by atoms with van der Waals surface area (Å²) in [5, 5.41) is 12.5. The lowest BCUT2D eigenvalue weighted by molar-refractivity contribution is 0.201. The zero-order valence-corrected chi connectivity index (χ0v) is 10.4. The molecule has 0 bridgehead atoms. The molecule has 0 spiro atoms. The molecule has 0 heterocycles. The van der Waals surface area contributed by atoms with E-state index in [4.69, 9.17) is 21.4 Å². The van der Waals surface area contributed by atoms with Crippen molar-refractivity contribution in [3.63, 3.8) is 0 Å². The van der Waals surface area contributed by atoms with Gasteiger partial charge in [-0.3, -0.25) is 0 Å². The molecule has 1 atom stereocenters. The molecule has 90 valence electrons. The van der Waals surface area contributed by atoms with E-state index < -0.39 is 0 Å². The maximum Gasteiger partial charge on any atom is 0.138 e. The second-order valence-corrected chi connectivity index (χ2v) is 3.95. The quantitative estimate of drug-likeness (QED) is 0.806. The Bertz CT molecular complexity index is 331. The monoisotopic (exact) mass is 243 g/mol. The highest BCUT2D eigenvalue weighted by molar-refractivity contribution is 6.32. The maximum absolute atomic E-state index is 8.65. The summed E-state index contributed by atoms with van der Waals surface area (Å²) in [6.07, 6.45) is 0. The highest BCUT2D eigenvalue weighted by atomic mass is 35.5. The van der Waals surface area contributed by atoms with Gasteiger partial charge in [0, 0.05) is 6.04 Å². The third-order valence-electron chi connectivity index (χ3n) is 2.32. The number of aliphatic hydroxyl groups is 1. The lowest BCUT2D eigenvalue weighted by Crippen LogP contribution is -2.17. The lowest BCUT2D eigenvalue weighted by atomic mass is 10.1. The first-order valence-electron chi connectivity index (χ1n) is 5.45. The minimum atomic E-state index is -0.00806. The van der Waals surface area contributed by atoms with Gasteiger partial charge in [-0.15, -0.1) is 0 Å². The van der Waals surface area contributed by atoms with Gasteiger partial charge in [-0.2, -0.15) is 0 Å². The first kappa shape index (κ1) is 13.3. The van der Waals surface area contributed by atoms with E-state index in [2.05, 4.69) is 19.2 Å². The molecule has 1 unspecified atom stereocenters. The minimum absolute atomic E-state index is 0.00806. The van der Waals surface area contributed by atoms with Gasteiger partial charge in [-0.25, -0.2) is 0 Å². The van der Waals surface area contributed by atoms with Crippen molar-refractivity contribution >= 4 is 11.6 Å². The first-order valence-corrected chi connectivity index (χ1v) is 5.83. The summed E-state index contributed by atoms with van der Waals surface area (Å²) in [6.45, 7) is 5.33. The van der Waals surface area contributed by atoms with Gasteiger partial charge < -0.3 is 15.2 Å². The van der Waals surface area contributed by atoms with Crippen LogP contribution in [-0.4, -0.2) is 24.9 Å². The zero-order valence-electron chi connectivity index (χ0n) is 9.66. The van der Waals surface area contributed by atoms with Gasteiger partial charge >= 0.3 is 0 Å². The molecule has 1 aromatic carbocycles. The fourth-order valence-electron chi connectivity index (χ4n) is 1.48. The Kier molecular flexibility index (Phi) is 5.60. The number of ether oxygens (including phenoxy) is 1. The van der Waals surface area contributed by atoms with Gasteiger partial charge in [0.15, 0.2) is 0 Å². The number of nitrogens with one attached hydrogen (secondary N) is 1. The van der Waals surface area contributed by atoms with Crippen LogP contribution in [0, 0.1) is 0 Å². The van der Waals surface area contributed by atoms with Crippen molar-refractivity contribution in [2.75, 3.05) is 19.8 Å². The van der Waals surface area contributed by atoms with Crippen molar-refractivity contribution in [3.8, 4) is 5.75 Å². The molecule has 0 amide bonds. The molecule has 0 saturated carbocycles. The Labute approximate surface area is 101 Å². The standard InChI is InChI=1S/C12H18ClNO2/c1-3-14-9(2)10-4-5-12(11(13)8-10)16-7-6-15/h4-5,8-9,14-15H,3,6-7H2,1-2H3. The van der Waals surface area contributed by atoms with Gasteiger partial charge in [-0.1, -0.05) is 24.6 Å². The van der Waals surface area contributed by atoms with Crippen LogP contribution in [0.4, 0.5) is 0 Å². The summed E-state index contributed by atoms with van der Waals surface area (Å²) in [5.41, 5.74) is 1.13. The van der Waals surface area contributed by atoms with Gasteiger partial charge in [0.2, 0.25) is 0 Å². The van der Waals surface area contributed by atoms with E-state index in [-0.39, 0.29) is 19.3 Å². The smallest absolute Gasteiger partial charge is 0.138 e. The van der Waals surface area contributed by atoms with E-state index in [1.807, 2.05) is 18.2 Å². The molecule has 0 aliphatic heterocycles. The van der Waals surface area contributed by atoms with Gasteiger partial charge in [0.05, 0.1) is 11.6 Å². The Morgan fingerprint density at radius 2 is 2.25 bits per heavy atom. The van der Waals surface area contributed by atoms with Gasteiger partial charge in [-0.05, 0) is 31.2 Å². The number of hydrogen-bond acceptors (Lipinski definition) is 3. The third kappa shape index (κ3) is 3.67. The second-order valence-electron chi connectivity index (χ2n) is 3.54. The van der Waals surface area contributed by atoms with E-state index in [0.29, 0.717) is 10.8 Å². The van der Waals surface area contributed by atoms with Crippen LogP contribution in [0.25, 0.3) is 0 Å². The van der Waals surface area contributed by atoms with E-state index in [9.17, 15) is 0 Å². The Morgan fingerprint density at radius 3 is 2.81 bits per heavy atom. The molecule has 0 fully saturated rings. The summed E-state index contributed by atoms with van der Waals surface area (Å²) < 4.78 is 5.28. The fourth-order valence-corrected chi connectivity index (χ4v) is 1.73. The molecule has 0 saturated heterocycles. The van der Waals surface area contributed by atoms with Crippen LogP contribution in [0.15, 0.2) is 18.2 Å². The summed E-state index contributed by atoms with van der Waals surface area (Å²) in [4.78, 5) is 0. The SMILES string of the molecule is CCNC(C)c1ccc(OCCO)c(Cl)c1. The van der Waals surface area contributed by atoms with Crippen molar-refractivity contribution in [3.05, 3.63) is 28.8 Å². The number of rotatable bonds is 6. The molecule has 1 rings (SSSR count). The van der Waals surface area contributed by atoms with Crippen molar-refractivity contribution < 1.29 is 9.84 Å². The summed E-state index contributed by atoms with van der Waals surface area (Å²) in [6, 6.07) is 5.98. The van der Waals surface area contributed by atoms with Crippen LogP contribution in [0.5, 0.6) is 5.75 Å². The molecule has 0 aromatic heterocycles. The van der Waals surface area contributed by atoms with Crippen molar-refractivity contribution in [1.29, 1.82) is 0 Å². The zero-order chi connectivity index (χ0) is 12.0. The Morgan fingerprint density at radius 1 is 1.50 bits per heavy atom. The normalized spacial score (nSPS) is 12.5. The van der Waals surface area contributed by atoms with Crippen LogP contribution >= 0.6 is 11.6 Å². The molecular formula is C12H18ClNO2. The molecule has 3 nitrogen and oxygen atoms in total. The van der Waals surface area contributed by atoms with E-state index >= 15 is 0 Å². The Hall–Kier alpha value is -0.770. The number of aliphatic hydroxyl groups excluding tert-OH is 1. The Balaban J connectivity index is 2.73. The average molecular weight is 244 g/mol. The largest absolute Gasteiger partial charge is 0.490 e. The fraction of sp³-hybridized carbons (Fsp3) is 0.500. The van der Waals surface area contributed by atoms with Crippen LogP contribution in [0.2, 0.25) is 5.02 Å². The lowest BCUT2D eigenvalue weighted by Gasteiger charge is -2.14. The van der Waals surface area contributed by atoms with E-state index in [1.54, 1.807) is 0 Å². The molecule has 0 aliphatic rings. The maximum atomic E-state index is 8.65. The minimum Gasteiger partial charge on any atom is -0.490 e. The summed E-state index contributed by atoms with van der Waals surface area (Å²) in [5.74, 6) is 0.614. The van der Waals surface area contributed by atoms with Crippen LogP contribution in [0.3, 0.4) is 0 Å². The predicted octanol–water partition coefficient (Wildman–Crippen LogP) is 2.38. The molecule has 0 radical (unpaired) electrons. The van der Waals surface area contributed by atoms with Crippen LogP contribution in [-0.2, 0) is 0 Å². The molecular weight excluding hydrogens is 226 g/mol. The van der Waals surface area contributed by atoms with E-state index in [0.717, 1.165) is 12.1 Å². The first-order chi connectivity index (χ1) is 7.69. The summed E-state index contributed by atoms with van der Waals surface area (Å²) >= 11 is 6.07. The number of halogens is 1. The van der Waals surface area contributed by atoms with Crippen molar-refractivity contribution in [1.82, 2.24) is 5.32 Å². The highest BCUT2D eigenvalue weighted by Crippen LogP contribution is 2.27. The predicted molar refractivity (Wildman–Crippen MR) is 66.1 cm³/mol. The molecule has 4 heteroatoms. The molecule has 0 aliphatic carbocycles. The van der Waals surface area contributed by atoms with E-state index in [1.165, 1.54) is 0 Å². The topological polar surface area (TPSA) is 41.5 Å². The van der Waals surface area contributed by atoms with Crippen LogP contribution < -0.4 is 10.1 Å². The molecule has 2 N–H and O–H groups in total. The van der Waals surface area contributed by atoms with Crippen molar-refractivity contribution in [2.45, 2.75) is 19.9 Å². The average Bonchev–Trinajstić information content (AvgIpc) is 2.27. The number of hydrogen-bond donors (Lipinski definition) is 2. The van der Waals surface area contributed by atoms with Crippen LogP contribution in [0.1, 0.15) is 25.5 Å². The highest BCUT2D eigenvalue weighted by Gasteiger charge is 2.07. The van der Waals surface area contributed by atoms with Gasteiger partial charge in [0.25, 0.3) is 0 Å². The second kappa shape index (κ2) is 6.74. The van der Waals surface area contributed by atoms with Crippen molar-refractivity contribution in [2.24, 2.45) is 0 Å². The van der Waals surface area contributed by atoms with Gasteiger partial charge in [0.1, 0.15) is 12.4 Å². The third-order valence-corrected chi connectivity index (χ3v) is 2.61. The summed E-state index contributed by atoms with van der Waals surface area (Å²) in [7, 11) is 0.